The molecule has 3 heterocycles. The number of hydrogen-bond acceptors (Lipinski definition) is 4. The van der Waals surface area contributed by atoms with Gasteiger partial charge in [-0.15, -0.1) is 0 Å². The Hall–Kier alpha value is -1.00. The van der Waals surface area contributed by atoms with Crippen LogP contribution in [-0.2, 0) is 4.74 Å². The minimum atomic E-state index is 0.559. The Morgan fingerprint density at radius 2 is 2.05 bits per heavy atom. The lowest BCUT2D eigenvalue weighted by molar-refractivity contribution is 0.0237. The smallest absolute Gasteiger partial charge is 0.0633 e. The lowest BCUT2D eigenvalue weighted by atomic mass is 9.92. The van der Waals surface area contributed by atoms with E-state index in [0.717, 1.165) is 25.5 Å². The zero-order valence-corrected chi connectivity index (χ0v) is 11.7. The number of piperidine rings is 1. The molecule has 0 saturated carbocycles. The second-order valence-corrected chi connectivity index (χ2v) is 5.76. The topological polar surface area (TPSA) is 38.2 Å². The third kappa shape index (κ3) is 3.12. The molecule has 0 amide bonds. The fourth-order valence-electron chi connectivity index (χ4n) is 3.31. The van der Waals surface area contributed by atoms with Gasteiger partial charge >= 0.3 is 0 Å². The molecular formula is C15H23N3O. The molecular weight excluding hydrogens is 238 g/mol. The van der Waals surface area contributed by atoms with Crippen molar-refractivity contribution >= 4 is 0 Å². The maximum absolute atomic E-state index is 5.47. The molecule has 0 spiro atoms. The first kappa shape index (κ1) is 13.0. The van der Waals surface area contributed by atoms with Gasteiger partial charge in [0.2, 0.25) is 0 Å². The van der Waals surface area contributed by atoms with Gasteiger partial charge < -0.3 is 4.74 Å². The van der Waals surface area contributed by atoms with Crippen molar-refractivity contribution in [1.29, 1.82) is 0 Å². The second kappa shape index (κ2) is 5.97. The molecule has 2 aliphatic heterocycles. The van der Waals surface area contributed by atoms with Crippen molar-refractivity contribution in [2.75, 3.05) is 26.3 Å². The number of aromatic nitrogens is 2. The van der Waals surface area contributed by atoms with Crippen molar-refractivity contribution in [3.8, 4) is 0 Å². The molecule has 4 nitrogen and oxygen atoms in total. The van der Waals surface area contributed by atoms with Crippen molar-refractivity contribution < 1.29 is 4.74 Å². The van der Waals surface area contributed by atoms with Crippen LogP contribution in [0.2, 0.25) is 0 Å². The Bertz CT molecular complexity index is 418. The normalized spacial score (nSPS) is 26.5. The Balaban J connectivity index is 1.67. The van der Waals surface area contributed by atoms with E-state index in [0.29, 0.717) is 12.0 Å². The summed E-state index contributed by atoms with van der Waals surface area (Å²) in [4.78, 5) is 11.6. The van der Waals surface area contributed by atoms with E-state index in [1.807, 2.05) is 19.3 Å². The first-order valence-electron chi connectivity index (χ1n) is 7.43. The summed E-state index contributed by atoms with van der Waals surface area (Å²) in [6.07, 6.45) is 8.68. The average Bonchev–Trinajstić information content (AvgIpc) is 2.48. The van der Waals surface area contributed by atoms with Crippen LogP contribution in [0.1, 0.15) is 43.0 Å². The zero-order chi connectivity index (χ0) is 13.1. The van der Waals surface area contributed by atoms with Gasteiger partial charge in [0.25, 0.3) is 0 Å². The first-order chi connectivity index (χ1) is 9.33. The highest BCUT2D eigenvalue weighted by Crippen LogP contribution is 2.28. The number of nitrogens with zero attached hydrogens (tertiary/aromatic N) is 3. The summed E-state index contributed by atoms with van der Waals surface area (Å²) < 4.78 is 5.47. The summed E-state index contributed by atoms with van der Waals surface area (Å²) >= 11 is 0. The standard InChI is InChI=1S/C15H23N3O/c1-12-9-16-10-15(17-12)13-3-2-6-18(11-13)14-4-7-19-8-5-14/h9-10,13-14H,2-8,11H2,1H3/t13-/m1/s1. The van der Waals surface area contributed by atoms with Crippen LogP contribution in [0.3, 0.4) is 0 Å². The van der Waals surface area contributed by atoms with Gasteiger partial charge in [-0.3, -0.25) is 14.9 Å². The molecule has 0 unspecified atom stereocenters. The van der Waals surface area contributed by atoms with Crippen molar-refractivity contribution in [1.82, 2.24) is 14.9 Å². The highest BCUT2D eigenvalue weighted by molar-refractivity contribution is 5.09. The van der Waals surface area contributed by atoms with Gasteiger partial charge in [-0.2, -0.15) is 0 Å². The molecule has 104 valence electrons. The molecule has 2 fully saturated rings. The van der Waals surface area contributed by atoms with E-state index >= 15 is 0 Å². The van der Waals surface area contributed by atoms with Gasteiger partial charge in [0.1, 0.15) is 0 Å². The molecule has 2 saturated heterocycles. The summed E-state index contributed by atoms with van der Waals surface area (Å²) in [5.41, 5.74) is 2.21. The molecule has 3 rings (SSSR count). The molecule has 19 heavy (non-hydrogen) atoms. The third-order valence-electron chi connectivity index (χ3n) is 4.35. The Labute approximate surface area is 115 Å². The molecule has 4 heteroatoms. The molecule has 0 bridgehead atoms. The van der Waals surface area contributed by atoms with E-state index in [1.54, 1.807) is 0 Å². The minimum absolute atomic E-state index is 0.559. The van der Waals surface area contributed by atoms with E-state index in [2.05, 4.69) is 14.9 Å². The largest absolute Gasteiger partial charge is 0.381 e. The Kier molecular flexibility index (Phi) is 4.09. The summed E-state index contributed by atoms with van der Waals surface area (Å²) in [6.45, 7) is 6.25. The van der Waals surface area contributed by atoms with Crippen LogP contribution in [-0.4, -0.2) is 47.2 Å². The highest BCUT2D eigenvalue weighted by Gasteiger charge is 2.28. The molecule has 0 radical (unpaired) electrons. The molecule has 1 aromatic rings. The van der Waals surface area contributed by atoms with E-state index < -0.39 is 0 Å². The van der Waals surface area contributed by atoms with Crippen molar-refractivity contribution in [2.45, 2.75) is 44.6 Å². The molecule has 1 aromatic heterocycles. The molecule has 0 N–H and O–H groups in total. The van der Waals surface area contributed by atoms with Crippen LogP contribution in [0, 0.1) is 6.92 Å². The quantitative estimate of drug-likeness (QED) is 0.817. The van der Waals surface area contributed by atoms with E-state index in [1.165, 1.54) is 37.9 Å². The van der Waals surface area contributed by atoms with Crippen molar-refractivity contribution in [3.63, 3.8) is 0 Å². The lowest BCUT2D eigenvalue weighted by Crippen LogP contribution is -2.44. The van der Waals surface area contributed by atoms with Gasteiger partial charge in [0.15, 0.2) is 0 Å². The van der Waals surface area contributed by atoms with Gasteiger partial charge in [0, 0.05) is 44.1 Å². The van der Waals surface area contributed by atoms with Gasteiger partial charge in [-0.1, -0.05) is 0 Å². The van der Waals surface area contributed by atoms with Crippen LogP contribution in [0.4, 0.5) is 0 Å². The monoisotopic (exact) mass is 261 g/mol. The summed E-state index contributed by atoms with van der Waals surface area (Å²) in [6, 6.07) is 0.717. The third-order valence-corrected chi connectivity index (χ3v) is 4.35. The predicted molar refractivity (Wildman–Crippen MR) is 74.2 cm³/mol. The number of likely N-dealkylation sites (tertiary alicyclic amines) is 1. The van der Waals surface area contributed by atoms with Crippen LogP contribution >= 0.6 is 0 Å². The van der Waals surface area contributed by atoms with Gasteiger partial charge in [-0.25, -0.2) is 0 Å². The number of rotatable bonds is 2. The average molecular weight is 261 g/mol. The minimum Gasteiger partial charge on any atom is -0.381 e. The fraction of sp³-hybridized carbons (Fsp3) is 0.733. The van der Waals surface area contributed by atoms with E-state index in [9.17, 15) is 0 Å². The zero-order valence-electron chi connectivity index (χ0n) is 11.7. The Morgan fingerprint density at radius 3 is 2.84 bits per heavy atom. The predicted octanol–water partition coefficient (Wildman–Crippen LogP) is 2.14. The molecule has 2 aliphatic rings. The molecule has 0 aromatic carbocycles. The van der Waals surface area contributed by atoms with Gasteiger partial charge in [0.05, 0.1) is 11.4 Å². The van der Waals surface area contributed by atoms with Crippen LogP contribution < -0.4 is 0 Å². The van der Waals surface area contributed by atoms with Crippen molar-refractivity contribution in [2.24, 2.45) is 0 Å². The molecule has 0 aliphatic carbocycles. The maximum Gasteiger partial charge on any atom is 0.0633 e. The Morgan fingerprint density at radius 1 is 1.21 bits per heavy atom. The lowest BCUT2D eigenvalue weighted by Gasteiger charge is -2.39. The number of ether oxygens (including phenoxy) is 1. The number of aryl methyl sites for hydroxylation is 1. The maximum atomic E-state index is 5.47. The fourth-order valence-corrected chi connectivity index (χ4v) is 3.31. The number of hydrogen-bond donors (Lipinski definition) is 0. The van der Waals surface area contributed by atoms with E-state index in [4.69, 9.17) is 4.74 Å². The first-order valence-corrected chi connectivity index (χ1v) is 7.43. The SMILES string of the molecule is Cc1cncc([C@@H]2CCCN(C3CCOCC3)C2)n1. The summed E-state index contributed by atoms with van der Waals surface area (Å²) in [5.74, 6) is 0.559. The second-order valence-electron chi connectivity index (χ2n) is 5.76. The van der Waals surface area contributed by atoms with Crippen LogP contribution in [0.5, 0.6) is 0 Å². The van der Waals surface area contributed by atoms with Gasteiger partial charge in [-0.05, 0) is 39.2 Å². The summed E-state index contributed by atoms with van der Waals surface area (Å²) in [5, 5.41) is 0. The van der Waals surface area contributed by atoms with E-state index in [-0.39, 0.29) is 0 Å². The summed E-state index contributed by atoms with van der Waals surface area (Å²) in [7, 11) is 0. The van der Waals surface area contributed by atoms with Crippen LogP contribution in [0.25, 0.3) is 0 Å². The van der Waals surface area contributed by atoms with Crippen molar-refractivity contribution in [3.05, 3.63) is 23.8 Å². The van der Waals surface area contributed by atoms with Crippen LogP contribution in [0.15, 0.2) is 12.4 Å². The highest BCUT2D eigenvalue weighted by atomic mass is 16.5. The molecule has 1 atom stereocenters.